The first-order valence-corrected chi connectivity index (χ1v) is 8.84. The van der Waals surface area contributed by atoms with Crippen LogP contribution in [0.2, 0.25) is 5.02 Å². The lowest BCUT2D eigenvalue weighted by Crippen LogP contribution is -2.46. The minimum Gasteiger partial charge on any atom is -0.496 e. The first-order valence-electron chi connectivity index (χ1n) is 8.46. The van der Waals surface area contributed by atoms with Gasteiger partial charge in [0.25, 0.3) is 5.91 Å². The van der Waals surface area contributed by atoms with Crippen molar-refractivity contribution in [2.75, 3.05) is 45.7 Å². The topological polar surface area (TPSA) is 86.0 Å². The molecule has 0 radical (unpaired) electrons. The Morgan fingerprint density at radius 2 is 2.04 bits per heavy atom. The largest absolute Gasteiger partial charge is 0.496 e. The molecule has 2 aliphatic heterocycles. The second-order valence-corrected chi connectivity index (χ2v) is 6.70. The number of amides is 1. The molecule has 1 aromatic carbocycles. The van der Waals surface area contributed by atoms with Crippen LogP contribution in [0.1, 0.15) is 23.2 Å². The van der Waals surface area contributed by atoms with E-state index in [2.05, 4.69) is 10.2 Å². The summed E-state index contributed by atoms with van der Waals surface area (Å²) >= 11 is 6.04. The van der Waals surface area contributed by atoms with Crippen LogP contribution in [0.25, 0.3) is 0 Å². The Kier molecular flexibility index (Phi) is 6.01. The highest BCUT2D eigenvalue weighted by atomic mass is 35.5. The number of likely N-dealkylation sites (tertiary alicyclic amines) is 1. The molecule has 0 aliphatic carbocycles. The van der Waals surface area contributed by atoms with Crippen molar-refractivity contribution in [1.29, 1.82) is 0 Å². The fraction of sp³-hybridized carbons (Fsp3) is 0.588. The number of methoxy groups -OCH3 is 1. The fourth-order valence-electron chi connectivity index (χ4n) is 3.16. The zero-order chi connectivity index (χ0) is 17.8. The third-order valence-corrected chi connectivity index (χ3v) is 4.91. The summed E-state index contributed by atoms with van der Waals surface area (Å²) in [5.74, 6) is 0.229. The van der Waals surface area contributed by atoms with Crippen LogP contribution in [-0.2, 0) is 9.47 Å². The molecule has 1 amide bonds. The van der Waals surface area contributed by atoms with E-state index in [9.17, 15) is 4.79 Å². The van der Waals surface area contributed by atoms with Crippen LogP contribution in [0.5, 0.6) is 5.75 Å². The van der Waals surface area contributed by atoms with Gasteiger partial charge in [-0.05, 0) is 18.9 Å². The van der Waals surface area contributed by atoms with Crippen molar-refractivity contribution >= 4 is 23.2 Å². The summed E-state index contributed by atoms with van der Waals surface area (Å²) in [4.78, 5) is 14.9. The summed E-state index contributed by atoms with van der Waals surface area (Å²) in [6.07, 6.45) is 1.64. The monoisotopic (exact) mass is 369 g/mol. The predicted molar refractivity (Wildman–Crippen MR) is 95.0 cm³/mol. The van der Waals surface area contributed by atoms with E-state index in [1.54, 1.807) is 12.1 Å². The van der Waals surface area contributed by atoms with Crippen molar-refractivity contribution in [2.24, 2.45) is 0 Å². The summed E-state index contributed by atoms with van der Waals surface area (Å²) in [7, 11) is 1.51. The quantitative estimate of drug-likeness (QED) is 0.765. The second kappa shape index (κ2) is 8.23. The molecule has 1 aromatic rings. The highest BCUT2D eigenvalue weighted by molar-refractivity contribution is 6.33. The molecule has 25 heavy (non-hydrogen) atoms. The molecular formula is C17H24ClN3O4. The number of ether oxygens (including phenoxy) is 3. The summed E-state index contributed by atoms with van der Waals surface area (Å²) < 4.78 is 16.2. The number of piperidine rings is 1. The molecular weight excluding hydrogens is 346 g/mol. The normalized spacial score (nSPS) is 19.9. The Morgan fingerprint density at radius 3 is 2.68 bits per heavy atom. The molecule has 2 heterocycles. The Morgan fingerprint density at radius 1 is 1.36 bits per heavy atom. The Balaban J connectivity index is 1.53. The van der Waals surface area contributed by atoms with Gasteiger partial charge in [-0.2, -0.15) is 0 Å². The number of nitrogens with zero attached hydrogens (tertiary/aromatic N) is 1. The number of nitrogens with one attached hydrogen (secondary N) is 1. The number of carbonyl (C=O) groups is 1. The molecule has 2 aliphatic rings. The smallest absolute Gasteiger partial charge is 0.255 e. The van der Waals surface area contributed by atoms with Crippen LogP contribution in [0.15, 0.2) is 12.1 Å². The number of anilines is 1. The molecule has 7 nitrogen and oxygen atoms in total. The number of nitrogens with two attached hydrogens (primary N) is 1. The summed E-state index contributed by atoms with van der Waals surface area (Å²) in [5.41, 5.74) is 6.55. The fourth-order valence-corrected chi connectivity index (χ4v) is 3.33. The summed E-state index contributed by atoms with van der Waals surface area (Å²) in [6.45, 7) is 3.91. The molecule has 3 N–H and O–H groups in total. The van der Waals surface area contributed by atoms with Gasteiger partial charge in [-0.25, -0.2) is 0 Å². The van der Waals surface area contributed by atoms with Gasteiger partial charge in [-0.3, -0.25) is 9.69 Å². The van der Waals surface area contributed by atoms with Gasteiger partial charge in [0.05, 0.1) is 36.6 Å². The van der Waals surface area contributed by atoms with Crippen molar-refractivity contribution in [1.82, 2.24) is 10.2 Å². The number of benzene rings is 1. The number of carbonyl (C=O) groups excluding carboxylic acids is 1. The van der Waals surface area contributed by atoms with Gasteiger partial charge in [-0.15, -0.1) is 0 Å². The summed E-state index contributed by atoms with van der Waals surface area (Å²) in [6, 6.07) is 3.24. The van der Waals surface area contributed by atoms with Crippen molar-refractivity contribution in [2.45, 2.75) is 25.2 Å². The van der Waals surface area contributed by atoms with Crippen LogP contribution in [0.3, 0.4) is 0 Å². The molecule has 2 fully saturated rings. The van der Waals surface area contributed by atoms with E-state index in [0.717, 1.165) is 32.5 Å². The molecule has 0 bridgehead atoms. The number of rotatable bonds is 5. The maximum atomic E-state index is 12.6. The van der Waals surface area contributed by atoms with Crippen LogP contribution < -0.4 is 15.8 Å². The Hall–Kier alpha value is -1.54. The maximum absolute atomic E-state index is 12.6. The van der Waals surface area contributed by atoms with E-state index < -0.39 is 0 Å². The Bertz CT molecular complexity index is 614. The predicted octanol–water partition coefficient (Wildman–Crippen LogP) is 1.50. The van der Waals surface area contributed by atoms with Gasteiger partial charge in [0, 0.05) is 31.7 Å². The highest BCUT2D eigenvalue weighted by Gasteiger charge is 2.26. The second-order valence-electron chi connectivity index (χ2n) is 6.29. The van der Waals surface area contributed by atoms with E-state index >= 15 is 0 Å². The lowest BCUT2D eigenvalue weighted by molar-refractivity contribution is -0.0650. The summed E-state index contributed by atoms with van der Waals surface area (Å²) in [5, 5.41) is 3.41. The number of nitrogen functional groups attached to an aromatic ring is 1. The molecule has 0 aromatic heterocycles. The molecule has 0 saturated carbocycles. The molecule has 0 spiro atoms. The first-order chi connectivity index (χ1) is 12.1. The lowest BCUT2D eigenvalue weighted by Gasteiger charge is -2.33. The van der Waals surface area contributed by atoms with Crippen LogP contribution in [0, 0.1) is 0 Å². The minimum atomic E-state index is -0.195. The van der Waals surface area contributed by atoms with E-state index in [0.29, 0.717) is 35.2 Å². The molecule has 3 rings (SSSR count). The van der Waals surface area contributed by atoms with Gasteiger partial charge in [0.2, 0.25) is 0 Å². The number of hydrogen-bond acceptors (Lipinski definition) is 6. The number of halogens is 1. The minimum absolute atomic E-state index is 0.118. The average molecular weight is 370 g/mol. The maximum Gasteiger partial charge on any atom is 0.255 e. The zero-order valence-corrected chi connectivity index (χ0v) is 15.1. The SMILES string of the molecule is COc1cc(N)c(Cl)cc1C(=O)NC1CCN(CC2OCCO2)CC1. The first kappa shape index (κ1) is 18.3. The standard InChI is InChI=1S/C17H24ClN3O4/c1-23-15-9-14(19)13(18)8-12(15)17(22)20-11-2-4-21(5-3-11)10-16-24-6-7-25-16/h8-9,11,16H,2-7,10,19H2,1H3,(H,20,22). The molecule has 2 saturated heterocycles. The van der Waals surface area contributed by atoms with Crippen molar-refractivity contribution < 1.29 is 19.0 Å². The average Bonchev–Trinajstić information content (AvgIpc) is 3.11. The van der Waals surface area contributed by atoms with E-state index in [1.807, 2.05) is 0 Å². The molecule has 8 heteroatoms. The zero-order valence-electron chi connectivity index (χ0n) is 14.3. The lowest BCUT2D eigenvalue weighted by atomic mass is 10.0. The van der Waals surface area contributed by atoms with Gasteiger partial charge in [0.15, 0.2) is 6.29 Å². The third kappa shape index (κ3) is 4.55. The highest BCUT2D eigenvalue weighted by Crippen LogP contribution is 2.29. The van der Waals surface area contributed by atoms with Crippen molar-refractivity contribution in [3.63, 3.8) is 0 Å². The van der Waals surface area contributed by atoms with Gasteiger partial charge in [0.1, 0.15) is 5.75 Å². The van der Waals surface area contributed by atoms with Gasteiger partial charge < -0.3 is 25.3 Å². The molecule has 138 valence electrons. The van der Waals surface area contributed by atoms with Crippen LogP contribution in [-0.4, -0.2) is 63.1 Å². The van der Waals surface area contributed by atoms with Gasteiger partial charge in [-0.1, -0.05) is 11.6 Å². The third-order valence-electron chi connectivity index (χ3n) is 4.58. The molecule has 0 unspecified atom stereocenters. The van der Waals surface area contributed by atoms with Crippen molar-refractivity contribution in [3.8, 4) is 5.75 Å². The van der Waals surface area contributed by atoms with Crippen LogP contribution >= 0.6 is 11.6 Å². The van der Waals surface area contributed by atoms with Gasteiger partial charge >= 0.3 is 0 Å². The van der Waals surface area contributed by atoms with E-state index in [4.69, 9.17) is 31.5 Å². The van der Waals surface area contributed by atoms with Crippen LogP contribution in [0.4, 0.5) is 5.69 Å². The Labute approximate surface area is 152 Å². The van der Waals surface area contributed by atoms with Crippen molar-refractivity contribution in [3.05, 3.63) is 22.7 Å². The van der Waals surface area contributed by atoms with E-state index in [-0.39, 0.29) is 18.2 Å². The molecule has 0 atom stereocenters. The van der Waals surface area contributed by atoms with E-state index in [1.165, 1.54) is 7.11 Å². The number of hydrogen-bond donors (Lipinski definition) is 2.